The summed E-state index contributed by atoms with van der Waals surface area (Å²) in [6.07, 6.45) is 7.47. The number of alkyl halides is 1. The third-order valence-electron chi connectivity index (χ3n) is 4.58. The molecule has 31 heavy (non-hydrogen) atoms. The van der Waals surface area contributed by atoms with Crippen LogP contribution >= 0.6 is 11.6 Å². The van der Waals surface area contributed by atoms with Crippen LogP contribution in [0.2, 0.25) is 0 Å². The predicted molar refractivity (Wildman–Crippen MR) is 136 cm³/mol. The van der Waals surface area contributed by atoms with E-state index in [4.69, 9.17) is 11.6 Å². The fraction of sp³-hybridized carbons (Fsp3) is 0.481. The quantitative estimate of drug-likeness (QED) is 0.221. The Bertz CT molecular complexity index is 628. The van der Waals surface area contributed by atoms with Gasteiger partial charge in [0.15, 0.2) is 0 Å². The highest BCUT2D eigenvalue weighted by atomic mass is 35.5. The van der Waals surface area contributed by atoms with Gasteiger partial charge in [0.2, 0.25) is 0 Å². The molecule has 2 aromatic carbocycles. The lowest BCUT2D eigenvalue weighted by Gasteiger charge is -2.28. The zero-order valence-corrected chi connectivity index (χ0v) is 21.9. The Morgan fingerprint density at radius 2 is 1.39 bits per heavy atom. The first kappa shape index (κ1) is 31.9. The molecule has 0 aliphatic heterocycles. The first-order chi connectivity index (χ1) is 14.3. The SMILES string of the molecule is C=CC[N+](C)(C)CCCCCC.CN(C)Cc1ccccc1.ClCc1ccccc1.[Cl-]. The van der Waals surface area contributed by atoms with Crippen molar-refractivity contribution in [1.29, 1.82) is 0 Å². The zero-order valence-electron chi connectivity index (χ0n) is 20.4. The van der Waals surface area contributed by atoms with Crippen molar-refractivity contribution in [3.8, 4) is 0 Å². The summed E-state index contributed by atoms with van der Waals surface area (Å²) in [5, 5.41) is 0. The molecule has 0 spiro atoms. The van der Waals surface area contributed by atoms with Crippen molar-refractivity contribution < 1.29 is 16.9 Å². The van der Waals surface area contributed by atoms with E-state index in [9.17, 15) is 0 Å². The van der Waals surface area contributed by atoms with Gasteiger partial charge in [-0.3, -0.25) is 0 Å². The van der Waals surface area contributed by atoms with E-state index in [1.807, 2.05) is 42.5 Å². The van der Waals surface area contributed by atoms with Crippen molar-refractivity contribution in [2.45, 2.75) is 45.0 Å². The molecule has 0 saturated heterocycles. The van der Waals surface area contributed by atoms with Gasteiger partial charge in [-0.1, -0.05) is 87.0 Å². The van der Waals surface area contributed by atoms with Gasteiger partial charge in [-0.25, -0.2) is 0 Å². The molecule has 0 bridgehead atoms. The summed E-state index contributed by atoms with van der Waals surface area (Å²) in [5.74, 6) is 0.612. The van der Waals surface area contributed by atoms with Crippen LogP contribution in [0, 0.1) is 0 Å². The molecule has 176 valence electrons. The molecular formula is C27H44Cl2N2. The maximum absolute atomic E-state index is 5.53. The predicted octanol–water partition coefficient (Wildman–Crippen LogP) is 4.01. The molecule has 0 aromatic heterocycles. The second-order valence-electron chi connectivity index (χ2n) is 8.53. The highest BCUT2D eigenvalue weighted by Gasteiger charge is 2.10. The number of halogens is 2. The number of hydrogen-bond acceptors (Lipinski definition) is 1. The number of quaternary nitrogens is 1. The van der Waals surface area contributed by atoms with Crippen LogP contribution in [0.5, 0.6) is 0 Å². The lowest BCUT2D eigenvalue weighted by atomic mass is 10.2. The van der Waals surface area contributed by atoms with Gasteiger partial charge in [0.1, 0.15) is 0 Å². The molecule has 0 aliphatic rings. The molecular weight excluding hydrogens is 423 g/mol. The summed E-state index contributed by atoms with van der Waals surface area (Å²) in [7, 11) is 8.70. The van der Waals surface area contributed by atoms with Crippen LogP contribution in [0.25, 0.3) is 0 Å². The van der Waals surface area contributed by atoms with Crippen LogP contribution in [0.3, 0.4) is 0 Å². The molecule has 2 rings (SSSR count). The van der Waals surface area contributed by atoms with Crippen molar-refractivity contribution in [3.63, 3.8) is 0 Å². The summed E-state index contributed by atoms with van der Waals surface area (Å²) in [6, 6.07) is 20.4. The van der Waals surface area contributed by atoms with E-state index in [1.165, 1.54) is 43.4 Å². The molecule has 0 aliphatic carbocycles. The maximum Gasteiger partial charge on any atom is 0.0966 e. The van der Waals surface area contributed by atoms with Crippen LogP contribution in [-0.4, -0.2) is 50.7 Å². The van der Waals surface area contributed by atoms with Gasteiger partial charge < -0.3 is 21.8 Å². The van der Waals surface area contributed by atoms with Crippen molar-refractivity contribution in [1.82, 2.24) is 4.90 Å². The second kappa shape index (κ2) is 20.6. The fourth-order valence-corrected chi connectivity index (χ4v) is 3.10. The number of nitrogens with zero attached hydrogens (tertiary/aromatic N) is 2. The van der Waals surface area contributed by atoms with Crippen LogP contribution in [0.15, 0.2) is 73.3 Å². The monoisotopic (exact) mass is 466 g/mol. The van der Waals surface area contributed by atoms with Gasteiger partial charge in [0.05, 0.1) is 27.2 Å². The first-order valence-electron chi connectivity index (χ1n) is 11.1. The summed E-state index contributed by atoms with van der Waals surface area (Å²) in [4.78, 5) is 2.16. The minimum atomic E-state index is 0. The lowest BCUT2D eigenvalue weighted by Crippen LogP contribution is -3.00. The van der Waals surface area contributed by atoms with Gasteiger partial charge in [-0.05, 0) is 44.1 Å². The largest absolute Gasteiger partial charge is 1.00 e. The summed E-state index contributed by atoms with van der Waals surface area (Å²) in [6.45, 7) is 9.43. The van der Waals surface area contributed by atoms with Crippen LogP contribution in [0.4, 0.5) is 0 Å². The van der Waals surface area contributed by atoms with E-state index in [0.29, 0.717) is 5.88 Å². The van der Waals surface area contributed by atoms with E-state index in [0.717, 1.165) is 17.6 Å². The van der Waals surface area contributed by atoms with Crippen molar-refractivity contribution in [2.24, 2.45) is 0 Å². The summed E-state index contributed by atoms with van der Waals surface area (Å²) in [5.41, 5.74) is 2.54. The number of hydrogen-bond donors (Lipinski definition) is 0. The molecule has 2 aromatic rings. The Labute approximate surface area is 203 Å². The smallest absolute Gasteiger partial charge is 0.0966 e. The lowest BCUT2D eigenvalue weighted by molar-refractivity contribution is -0.884. The van der Waals surface area contributed by atoms with E-state index < -0.39 is 0 Å². The summed E-state index contributed by atoms with van der Waals surface area (Å²) >= 11 is 5.53. The van der Waals surface area contributed by atoms with Crippen molar-refractivity contribution in [2.75, 3.05) is 41.3 Å². The minimum Gasteiger partial charge on any atom is -1.00 e. The molecule has 0 amide bonds. The molecule has 0 fully saturated rings. The topological polar surface area (TPSA) is 3.24 Å². The summed E-state index contributed by atoms with van der Waals surface area (Å²) < 4.78 is 1.09. The molecule has 0 unspecified atom stereocenters. The third kappa shape index (κ3) is 20.3. The first-order valence-corrected chi connectivity index (χ1v) is 11.6. The van der Waals surface area contributed by atoms with E-state index >= 15 is 0 Å². The third-order valence-corrected chi connectivity index (χ3v) is 4.89. The van der Waals surface area contributed by atoms with Gasteiger partial charge in [-0.15, -0.1) is 11.6 Å². The molecule has 4 heteroatoms. The van der Waals surface area contributed by atoms with Crippen LogP contribution < -0.4 is 12.4 Å². The van der Waals surface area contributed by atoms with E-state index in [2.05, 4.69) is 70.9 Å². The number of unbranched alkanes of at least 4 members (excludes halogenated alkanes) is 3. The Balaban J connectivity index is 0. The van der Waals surface area contributed by atoms with Crippen LogP contribution in [0.1, 0.15) is 43.7 Å². The Hall–Kier alpha value is -1.32. The Kier molecular flexibility index (Phi) is 21.1. The molecule has 0 heterocycles. The average molecular weight is 468 g/mol. The average Bonchev–Trinajstić information content (AvgIpc) is 2.73. The van der Waals surface area contributed by atoms with Gasteiger partial charge in [0.25, 0.3) is 0 Å². The Morgan fingerprint density at radius 3 is 1.77 bits per heavy atom. The molecule has 0 N–H and O–H groups in total. The maximum atomic E-state index is 5.53. The molecule has 0 saturated carbocycles. The van der Waals surface area contributed by atoms with Gasteiger partial charge in [0, 0.05) is 12.4 Å². The minimum absolute atomic E-state index is 0. The number of likely N-dealkylation sites (N-methyl/N-ethyl adjacent to an activating group) is 1. The standard InChI is InChI=1S/C11H24N.C9H13N.C7H7Cl.ClH/c1-5-7-8-9-11-12(3,4)10-6-2;1-10(2)8-9-6-4-3-5-7-9;8-6-7-4-2-1-3-5-7;/h6H,2,5,7-11H2,1,3-4H3;3-7H,8H2,1-2H3;1-5H,6H2;1H/q+1;;;/p-1. The Morgan fingerprint density at radius 1 is 0.871 bits per heavy atom. The fourth-order valence-electron chi connectivity index (χ4n) is 2.92. The second-order valence-corrected chi connectivity index (χ2v) is 8.80. The molecule has 2 nitrogen and oxygen atoms in total. The van der Waals surface area contributed by atoms with Gasteiger partial charge >= 0.3 is 0 Å². The van der Waals surface area contributed by atoms with Crippen LogP contribution in [-0.2, 0) is 12.4 Å². The molecule has 0 atom stereocenters. The highest BCUT2D eigenvalue weighted by Crippen LogP contribution is 2.05. The zero-order chi connectivity index (χ0) is 22.7. The normalized spacial score (nSPS) is 10.2. The van der Waals surface area contributed by atoms with Crippen molar-refractivity contribution in [3.05, 3.63) is 84.4 Å². The van der Waals surface area contributed by atoms with Crippen molar-refractivity contribution >= 4 is 11.6 Å². The van der Waals surface area contributed by atoms with E-state index in [-0.39, 0.29) is 12.4 Å². The molecule has 0 radical (unpaired) electrons. The number of benzene rings is 2. The number of rotatable bonds is 10. The highest BCUT2D eigenvalue weighted by molar-refractivity contribution is 6.17. The van der Waals surface area contributed by atoms with E-state index in [1.54, 1.807) is 0 Å². The van der Waals surface area contributed by atoms with Gasteiger partial charge in [-0.2, -0.15) is 0 Å².